The van der Waals surface area contributed by atoms with Crippen molar-refractivity contribution in [3.05, 3.63) is 36.1 Å². The second-order valence-electron chi connectivity index (χ2n) is 4.78. The summed E-state index contributed by atoms with van der Waals surface area (Å²) in [7, 11) is 0. The first-order chi connectivity index (χ1) is 8.75. The standard InChI is InChI=1S/C14H16N2O2.ClH/c15-10-5-7-16(8-6-10)14(17)12-9-18-13-4-2-1-3-11(12)13;/h1-4,9-10H,5-8,15H2;1H. The lowest BCUT2D eigenvalue weighted by Crippen LogP contribution is -2.42. The quantitative estimate of drug-likeness (QED) is 0.873. The molecule has 5 heteroatoms. The number of likely N-dealkylation sites (tertiary alicyclic amines) is 1. The van der Waals surface area contributed by atoms with Gasteiger partial charge in [-0.15, -0.1) is 12.4 Å². The van der Waals surface area contributed by atoms with Crippen molar-refractivity contribution in [2.75, 3.05) is 13.1 Å². The topological polar surface area (TPSA) is 59.5 Å². The molecule has 2 heterocycles. The van der Waals surface area contributed by atoms with Crippen LogP contribution in [0.3, 0.4) is 0 Å². The Morgan fingerprint density at radius 2 is 1.95 bits per heavy atom. The number of para-hydroxylation sites is 1. The monoisotopic (exact) mass is 280 g/mol. The van der Waals surface area contributed by atoms with Crippen LogP contribution in [0.15, 0.2) is 34.9 Å². The van der Waals surface area contributed by atoms with E-state index < -0.39 is 0 Å². The number of benzene rings is 1. The fourth-order valence-corrected chi connectivity index (χ4v) is 2.42. The van der Waals surface area contributed by atoms with Gasteiger partial charge in [0.1, 0.15) is 11.8 Å². The highest BCUT2D eigenvalue weighted by Crippen LogP contribution is 2.23. The summed E-state index contributed by atoms with van der Waals surface area (Å²) in [5, 5.41) is 0.886. The van der Waals surface area contributed by atoms with Crippen molar-refractivity contribution in [1.82, 2.24) is 4.90 Å². The van der Waals surface area contributed by atoms with Gasteiger partial charge < -0.3 is 15.1 Å². The fraction of sp³-hybridized carbons (Fsp3) is 0.357. The van der Waals surface area contributed by atoms with E-state index in [9.17, 15) is 4.79 Å². The summed E-state index contributed by atoms with van der Waals surface area (Å²) in [4.78, 5) is 14.3. The zero-order valence-corrected chi connectivity index (χ0v) is 11.4. The maximum absolute atomic E-state index is 12.4. The molecule has 19 heavy (non-hydrogen) atoms. The Morgan fingerprint density at radius 3 is 2.68 bits per heavy atom. The van der Waals surface area contributed by atoms with Crippen LogP contribution in [0.5, 0.6) is 0 Å². The molecule has 0 spiro atoms. The van der Waals surface area contributed by atoms with Gasteiger partial charge in [0.15, 0.2) is 0 Å². The van der Waals surface area contributed by atoms with Crippen molar-refractivity contribution in [1.29, 1.82) is 0 Å². The molecule has 1 aliphatic rings. The third kappa shape index (κ3) is 2.60. The number of fused-ring (bicyclic) bond motifs is 1. The Kier molecular flexibility index (Phi) is 4.12. The Hall–Kier alpha value is -1.52. The minimum Gasteiger partial charge on any atom is -0.463 e. The lowest BCUT2D eigenvalue weighted by molar-refractivity contribution is 0.0716. The van der Waals surface area contributed by atoms with E-state index in [2.05, 4.69) is 0 Å². The van der Waals surface area contributed by atoms with E-state index in [-0.39, 0.29) is 24.4 Å². The molecule has 4 nitrogen and oxygen atoms in total. The predicted octanol–water partition coefficient (Wildman–Crippen LogP) is 2.42. The second kappa shape index (κ2) is 5.63. The number of amides is 1. The number of hydrogen-bond donors (Lipinski definition) is 1. The molecule has 1 amide bonds. The van der Waals surface area contributed by atoms with Crippen molar-refractivity contribution in [2.24, 2.45) is 5.73 Å². The number of piperidine rings is 1. The van der Waals surface area contributed by atoms with Gasteiger partial charge >= 0.3 is 0 Å². The maximum atomic E-state index is 12.4. The molecule has 1 fully saturated rings. The Morgan fingerprint density at radius 1 is 1.26 bits per heavy atom. The van der Waals surface area contributed by atoms with E-state index in [0.717, 1.165) is 36.9 Å². The van der Waals surface area contributed by atoms with E-state index in [0.29, 0.717) is 5.56 Å². The molecular formula is C14H17ClN2O2. The molecule has 2 N–H and O–H groups in total. The Balaban J connectivity index is 0.00000133. The van der Waals surface area contributed by atoms with Crippen LogP contribution in [0.2, 0.25) is 0 Å². The number of carbonyl (C=O) groups is 1. The highest BCUT2D eigenvalue weighted by atomic mass is 35.5. The van der Waals surface area contributed by atoms with Crippen LogP contribution in [0.4, 0.5) is 0 Å². The number of nitrogens with zero attached hydrogens (tertiary/aromatic N) is 1. The first-order valence-corrected chi connectivity index (χ1v) is 6.27. The van der Waals surface area contributed by atoms with Crippen LogP contribution in [0.1, 0.15) is 23.2 Å². The average Bonchev–Trinajstić information content (AvgIpc) is 2.82. The van der Waals surface area contributed by atoms with Crippen molar-refractivity contribution in [3.8, 4) is 0 Å². The number of nitrogens with two attached hydrogens (primary N) is 1. The number of hydrogen-bond acceptors (Lipinski definition) is 3. The van der Waals surface area contributed by atoms with Gasteiger partial charge in [0.2, 0.25) is 0 Å². The molecule has 2 aromatic rings. The molecule has 0 unspecified atom stereocenters. The molecule has 0 saturated carbocycles. The lowest BCUT2D eigenvalue weighted by atomic mass is 10.0. The molecule has 1 aromatic carbocycles. The van der Waals surface area contributed by atoms with E-state index in [1.54, 1.807) is 6.26 Å². The summed E-state index contributed by atoms with van der Waals surface area (Å²) in [5.74, 6) is 0.0480. The Labute approximate surface area is 118 Å². The molecule has 0 aliphatic carbocycles. The van der Waals surface area contributed by atoms with Gasteiger partial charge in [0.25, 0.3) is 5.91 Å². The van der Waals surface area contributed by atoms with Crippen LogP contribution in [0, 0.1) is 0 Å². The Bertz CT molecular complexity index is 574. The number of halogens is 1. The zero-order chi connectivity index (χ0) is 12.5. The maximum Gasteiger partial charge on any atom is 0.257 e. The first-order valence-electron chi connectivity index (χ1n) is 6.27. The van der Waals surface area contributed by atoms with Crippen LogP contribution in [0.25, 0.3) is 11.0 Å². The number of rotatable bonds is 1. The molecule has 1 aromatic heterocycles. The van der Waals surface area contributed by atoms with Crippen LogP contribution in [-0.4, -0.2) is 29.9 Å². The molecule has 1 aliphatic heterocycles. The smallest absolute Gasteiger partial charge is 0.257 e. The van der Waals surface area contributed by atoms with Gasteiger partial charge in [-0.05, 0) is 18.9 Å². The van der Waals surface area contributed by atoms with Crippen LogP contribution >= 0.6 is 12.4 Å². The van der Waals surface area contributed by atoms with Gasteiger partial charge in [-0.3, -0.25) is 4.79 Å². The summed E-state index contributed by atoms with van der Waals surface area (Å²) in [6.45, 7) is 1.47. The first kappa shape index (κ1) is 13.9. The van der Waals surface area contributed by atoms with E-state index in [4.69, 9.17) is 10.2 Å². The number of furan rings is 1. The minimum absolute atomic E-state index is 0. The minimum atomic E-state index is 0. The van der Waals surface area contributed by atoms with Gasteiger partial charge in [0.05, 0.1) is 5.56 Å². The molecule has 0 bridgehead atoms. The third-order valence-electron chi connectivity index (χ3n) is 3.54. The summed E-state index contributed by atoms with van der Waals surface area (Å²) >= 11 is 0. The van der Waals surface area contributed by atoms with Crippen LogP contribution in [-0.2, 0) is 0 Å². The summed E-state index contributed by atoms with van der Waals surface area (Å²) < 4.78 is 5.41. The van der Waals surface area contributed by atoms with Gasteiger partial charge in [-0.2, -0.15) is 0 Å². The molecule has 0 atom stereocenters. The van der Waals surface area contributed by atoms with Gasteiger partial charge in [-0.25, -0.2) is 0 Å². The van der Waals surface area contributed by atoms with E-state index in [1.807, 2.05) is 29.2 Å². The van der Waals surface area contributed by atoms with Crippen LogP contribution < -0.4 is 5.73 Å². The summed E-state index contributed by atoms with van der Waals surface area (Å²) in [6.07, 6.45) is 3.31. The van der Waals surface area contributed by atoms with Gasteiger partial charge in [-0.1, -0.05) is 18.2 Å². The van der Waals surface area contributed by atoms with Crippen molar-refractivity contribution >= 4 is 29.3 Å². The average molecular weight is 281 g/mol. The lowest BCUT2D eigenvalue weighted by Gasteiger charge is -2.29. The van der Waals surface area contributed by atoms with E-state index in [1.165, 1.54) is 0 Å². The molecule has 0 radical (unpaired) electrons. The molecule has 1 saturated heterocycles. The van der Waals surface area contributed by atoms with Crippen molar-refractivity contribution in [2.45, 2.75) is 18.9 Å². The van der Waals surface area contributed by atoms with E-state index >= 15 is 0 Å². The second-order valence-corrected chi connectivity index (χ2v) is 4.78. The zero-order valence-electron chi connectivity index (χ0n) is 10.5. The molecular weight excluding hydrogens is 264 g/mol. The third-order valence-corrected chi connectivity index (χ3v) is 3.54. The summed E-state index contributed by atoms with van der Waals surface area (Å²) in [6, 6.07) is 7.84. The van der Waals surface area contributed by atoms with Crippen molar-refractivity contribution in [3.63, 3.8) is 0 Å². The predicted molar refractivity (Wildman–Crippen MR) is 76.6 cm³/mol. The molecule has 102 valence electrons. The SMILES string of the molecule is Cl.NC1CCN(C(=O)c2coc3ccccc23)CC1. The summed E-state index contributed by atoms with van der Waals surface area (Å²) in [5.41, 5.74) is 7.26. The highest BCUT2D eigenvalue weighted by molar-refractivity contribution is 6.05. The molecule has 3 rings (SSSR count). The largest absolute Gasteiger partial charge is 0.463 e. The number of carbonyl (C=O) groups excluding carboxylic acids is 1. The normalized spacial score (nSPS) is 16.4. The van der Waals surface area contributed by atoms with Crippen molar-refractivity contribution < 1.29 is 9.21 Å². The highest BCUT2D eigenvalue weighted by Gasteiger charge is 2.24. The fourth-order valence-electron chi connectivity index (χ4n) is 2.42. The van der Waals surface area contributed by atoms with Gasteiger partial charge in [0, 0.05) is 24.5 Å².